The summed E-state index contributed by atoms with van der Waals surface area (Å²) in [5, 5.41) is 11.7. The summed E-state index contributed by atoms with van der Waals surface area (Å²) in [7, 11) is 0. The number of hydrogen-bond acceptors (Lipinski definition) is 1. The van der Waals surface area contributed by atoms with E-state index < -0.39 is 0 Å². The van der Waals surface area contributed by atoms with E-state index in [2.05, 4.69) is 0 Å². The van der Waals surface area contributed by atoms with Gasteiger partial charge >= 0.3 is 29.6 Å². The van der Waals surface area contributed by atoms with Crippen LogP contribution in [0.4, 0.5) is 0 Å². The van der Waals surface area contributed by atoms with Crippen molar-refractivity contribution < 1.29 is 34.7 Å². The number of rotatable bonds is 1. The number of allylic oxidation sites excluding steroid dienone is 5. The van der Waals surface area contributed by atoms with Crippen LogP contribution in [0, 0.1) is 0 Å². The summed E-state index contributed by atoms with van der Waals surface area (Å²) in [5.41, 5.74) is 1.50. The van der Waals surface area contributed by atoms with E-state index in [0.717, 1.165) is 11.1 Å². The minimum atomic E-state index is 0. The maximum Gasteiger partial charge on any atom is 1.00 e. The van der Waals surface area contributed by atoms with Crippen LogP contribution in [-0.4, -0.2) is 0 Å². The van der Waals surface area contributed by atoms with Crippen molar-refractivity contribution in [1.29, 1.82) is 0 Å². The quantitative estimate of drug-likeness (QED) is 0.408. The molecule has 0 spiro atoms. The molecular formula is C12H9NaO. The molecule has 1 aliphatic carbocycles. The Morgan fingerprint density at radius 1 is 0.929 bits per heavy atom. The molecule has 0 radical (unpaired) electrons. The summed E-state index contributed by atoms with van der Waals surface area (Å²) in [6.07, 6.45) is 7.40. The van der Waals surface area contributed by atoms with Gasteiger partial charge in [0.25, 0.3) is 0 Å². The third-order valence-electron chi connectivity index (χ3n) is 1.96. The van der Waals surface area contributed by atoms with Crippen molar-refractivity contribution in [1.82, 2.24) is 0 Å². The van der Waals surface area contributed by atoms with Crippen molar-refractivity contribution in [2.75, 3.05) is 0 Å². The van der Waals surface area contributed by atoms with Gasteiger partial charge in [0, 0.05) is 0 Å². The van der Waals surface area contributed by atoms with Crippen molar-refractivity contribution in [3.8, 4) is 0 Å². The molecule has 14 heavy (non-hydrogen) atoms. The average Bonchev–Trinajstić information content (AvgIpc) is 2.71. The normalized spacial score (nSPS) is 12.7. The summed E-state index contributed by atoms with van der Waals surface area (Å²) in [6, 6.07) is 9.30. The van der Waals surface area contributed by atoms with Gasteiger partial charge in [0.15, 0.2) is 0 Å². The molecule has 0 unspecified atom stereocenters. The average molecular weight is 192 g/mol. The van der Waals surface area contributed by atoms with Crippen LogP contribution in [0.3, 0.4) is 0 Å². The molecule has 0 aliphatic heterocycles. The Kier molecular flexibility index (Phi) is 4.21. The minimum absolute atomic E-state index is 0. The van der Waals surface area contributed by atoms with Crippen LogP contribution in [0.1, 0.15) is 5.56 Å². The first-order valence-corrected chi connectivity index (χ1v) is 4.19. The first-order valence-electron chi connectivity index (χ1n) is 4.19. The summed E-state index contributed by atoms with van der Waals surface area (Å²) in [6.45, 7) is 0. The van der Waals surface area contributed by atoms with E-state index in [4.69, 9.17) is 0 Å². The Bertz CT molecular complexity index is 374. The second-order valence-corrected chi connectivity index (χ2v) is 2.87. The first kappa shape index (κ1) is 11.3. The molecule has 1 aliphatic rings. The molecular weight excluding hydrogens is 183 g/mol. The molecule has 0 N–H and O–H groups in total. The zero-order valence-corrected chi connectivity index (χ0v) is 10.1. The van der Waals surface area contributed by atoms with Crippen LogP contribution in [-0.2, 0) is 0 Å². The van der Waals surface area contributed by atoms with Gasteiger partial charge in [-0.1, -0.05) is 60.4 Å². The molecule has 0 atom stereocenters. The van der Waals surface area contributed by atoms with E-state index in [1.165, 1.54) is 0 Å². The van der Waals surface area contributed by atoms with E-state index in [0.29, 0.717) is 0 Å². The van der Waals surface area contributed by atoms with Gasteiger partial charge in [-0.3, -0.25) is 0 Å². The zero-order chi connectivity index (χ0) is 9.10. The zero-order valence-electron chi connectivity index (χ0n) is 8.10. The predicted molar refractivity (Wildman–Crippen MR) is 51.6 cm³/mol. The van der Waals surface area contributed by atoms with Crippen molar-refractivity contribution in [3.05, 3.63) is 65.8 Å². The van der Waals surface area contributed by atoms with E-state index in [1.54, 1.807) is 0 Å². The molecule has 0 saturated heterocycles. The van der Waals surface area contributed by atoms with Gasteiger partial charge in [0.05, 0.1) is 0 Å². The third kappa shape index (κ3) is 2.38. The molecule has 0 heterocycles. The van der Waals surface area contributed by atoms with Crippen LogP contribution < -0.4 is 34.7 Å². The summed E-state index contributed by atoms with van der Waals surface area (Å²) in [4.78, 5) is 0. The first-order chi connectivity index (χ1) is 6.38. The van der Waals surface area contributed by atoms with Crippen LogP contribution in [0.25, 0.3) is 5.76 Å². The second kappa shape index (κ2) is 5.20. The molecule has 1 aromatic rings. The number of benzene rings is 1. The van der Waals surface area contributed by atoms with Gasteiger partial charge in [0.1, 0.15) is 0 Å². The predicted octanol–water partition coefficient (Wildman–Crippen LogP) is -1.11. The van der Waals surface area contributed by atoms with Crippen LogP contribution >= 0.6 is 0 Å². The van der Waals surface area contributed by atoms with Crippen molar-refractivity contribution in [3.63, 3.8) is 0 Å². The molecule has 2 rings (SSSR count). The van der Waals surface area contributed by atoms with Crippen molar-refractivity contribution in [2.24, 2.45) is 0 Å². The summed E-state index contributed by atoms with van der Waals surface area (Å²) < 4.78 is 0. The standard InChI is InChI=1S/C12H10O.Na/c13-12(11-8-4-5-9-11)10-6-2-1-3-7-10;/h1-9,13H;/q;+1/p-1. The van der Waals surface area contributed by atoms with Crippen LogP contribution in [0.5, 0.6) is 0 Å². The van der Waals surface area contributed by atoms with E-state index >= 15 is 0 Å². The minimum Gasteiger partial charge on any atom is -0.872 e. The van der Waals surface area contributed by atoms with E-state index in [1.807, 2.05) is 54.6 Å². The maximum absolute atomic E-state index is 11.7. The molecule has 0 saturated carbocycles. The molecule has 2 heteroatoms. The Labute approximate surface area is 106 Å². The number of hydrogen-bond donors (Lipinski definition) is 0. The van der Waals surface area contributed by atoms with Crippen molar-refractivity contribution >= 4 is 5.76 Å². The molecule has 1 aromatic carbocycles. The molecule has 1 nitrogen and oxygen atoms in total. The maximum atomic E-state index is 11.7. The third-order valence-corrected chi connectivity index (χ3v) is 1.96. The van der Waals surface area contributed by atoms with Gasteiger partial charge in [0.2, 0.25) is 0 Å². The molecule has 0 aromatic heterocycles. The topological polar surface area (TPSA) is 23.1 Å². The smallest absolute Gasteiger partial charge is 0.872 e. The Hall–Kier alpha value is -0.760. The molecule has 0 amide bonds. The summed E-state index contributed by atoms with van der Waals surface area (Å²) in [5.74, 6) is 0.0885. The Morgan fingerprint density at radius 2 is 1.50 bits per heavy atom. The van der Waals surface area contributed by atoms with E-state index in [9.17, 15) is 5.11 Å². The van der Waals surface area contributed by atoms with Gasteiger partial charge in [-0.25, -0.2) is 0 Å². The summed E-state index contributed by atoms with van der Waals surface area (Å²) >= 11 is 0. The largest absolute Gasteiger partial charge is 1.00 e. The van der Waals surface area contributed by atoms with Crippen LogP contribution in [0.15, 0.2) is 60.2 Å². The monoisotopic (exact) mass is 192 g/mol. The molecule has 64 valence electrons. The van der Waals surface area contributed by atoms with Gasteiger partial charge in [-0.15, -0.1) is 0 Å². The Morgan fingerprint density at radius 3 is 2.07 bits per heavy atom. The fourth-order valence-electron chi connectivity index (χ4n) is 1.28. The van der Waals surface area contributed by atoms with Crippen LogP contribution in [0.2, 0.25) is 0 Å². The second-order valence-electron chi connectivity index (χ2n) is 2.87. The Balaban J connectivity index is 0.000000980. The molecule has 0 fully saturated rings. The van der Waals surface area contributed by atoms with Gasteiger partial charge in [-0.05, 0) is 11.1 Å². The van der Waals surface area contributed by atoms with Gasteiger partial charge in [-0.2, -0.15) is 0 Å². The fourth-order valence-corrected chi connectivity index (χ4v) is 1.28. The molecule has 0 bridgehead atoms. The van der Waals surface area contributed by atoms with Gasteiger partial charge < -0.3 is 5.11 Å². The fraction of sp³-hybridized carbons (Fsp3) is 0. The van der Waals surface area contributed by atoms with E-state index in [-0.39, 0.29) is 35.3 Å². The SMILES string of the molecule is [Na+].[O-]C(=C1C=CC=C1)c1ccccc1. The van der Waals surface area contributed by atoms with Crippen molar-refractivity contribution in [2.45, 2.75) is 0 Å².